The van der Waals surface area contributed by atoms with Gasteiger partial charge >= 0.3 is 0 Å². The molecular weight excluding hydrogens is 226 g/mol. The van der Waals surface area contributed by atoms with Crippen molar-refractivity contribution >= 4 is 0 Å². The number of rotatable bonds is 8. The summed E-state index contributed by atoms with van der Waals surface area (Å²) in [5.74, 6) is 1.47. The molecule has 3 heteroatoms. The monoisotopic (exact) mass is 251 g/mol. The average Bonchev–Trinajstić information content (AvgIpc) is 2.36. The summed E-state index contributed by atoms with van der Waals surface area (Å²) in [5, 5.41) is 13.0. The first-order valence-electron chi connectivity index (χ1n) is 6.73. The van der Waals surface area contributed by atoms with Gasteiger partial charge in [0.15, 0.2) is 0 Å². The molecule has 0 fully saturated rings. The molecule has 0 bridgehead atoms. The number of para-hydroxylation sites is 1. The molecule has 1 aromatic rings. The number of hydrogen-bond donors (Lipinski definition) is 2. The largest absolute Gasteiger partial charge is 0.491 e. The Morgan fingerprint density at radius 2 is 1.94 bits per heavy atom. The van der Waals surface area contributed by atoms with Crippen LogP contribution in [0.25, 0.3) is 0 Å². The van der Waals surface area contributed by atoms with Crippen LogP contribution in [0.15, 0.2) is 24.3 Å². The van der Waals surface area contributed by atoms with Gasteiger partial charge in [-0.15, -0.1) is 0 Å². The van der Waals surface area contributed by atoms with Crippen LogP contribution in [0.3, 0.4) is 0 Å². The minimum atomic E-state index is -0.464. The van der Waals surface area contributed by atoms with Gasteiger partial charge in [0.2, 0.25) is 0 Å². The van der Waals surface area contributed by atoms with Gasteiger partial charge in [-0.1, -0.05) is 39.0 Å². The zero-order valence-electron chi connectivity index (χ0n) is 11.6. The minimum Gasteiger partial charge on any atom is -0.491 e. The van der Waals surface area contributed by atoms with E-state index in [0.717, 1.165) is 18.7 Å². The highest BCUT2D eigenvalue weighted by Crippen LogP contribution is 2.18. The van der Waals surface area contributed by atoms with E-state index in [0.29, 0.717) is 19.1 Å². The lowest BCUT2D eigenvalue weighted by atomic mass is 10.1. The van der Waals surface area contributed by atoms with E-state index in [2.05, 4.69) is 32.2 Å². The molecule has 0 saturated carbocycles. The first-order valence-corrected chi connectivity index (χ1v) is 6.73. The lowest BCUT2D eigenvalue weighted by molar-refractivity contribution is 0.105. The third-order valence-corrected chi connectivity index (χ3v) is 2.72. The molecule has 0 heterocycles. The van der Waals surface area contributed by atoms with Crippen molar-refractivity contribution < 1.29 is 9.84 Å². The SMILES string of the molecule is CCc1ccccc1OCC(O)CNCC(C)C. The molecule has 2 N–H and O–H groups in total. The van der Waals surface area contributed by atoms with Crippen LogP contribution >= 0.6 is 0 Å². The molecule has 1 aromatic carbocycles. The molecule has 0 spiro atoms. The highest BCUT2D eigenvalue weighted by Gasteiger charge is 2.07. The lowest BCUT2D eigenvalue weighted by Gasteiger charge is -2.15. The van der Waals surface area contributed by atoms with Crippen molar-refractivity contribution in [2.75, 3.05) is 19.7 Å². The summed E-state index contributed by atoms with van der Waals surface area (Å²) in [6.45, 7) is 8.22. The Kier molecular flexibility index (Phi) is 6.76. The predicted octanol–water partition coefficient (Wildman–Crippen LogP) is 2.23. The molecule has 0 radical (unpaired) electrons. The smallest absolute Gasteiger partial charge is 0.122 e. The summed E-state index contributed by atoms with van der Waals surface area (Å²) in [7, 11) is 0. The van der Waals surface area contributed by atoms with Gasteiger partial charge in [0.25, 0.3) is 0 Å². The summed E-state index contributed by atoms with van der Waals surface area (Å²) in [5.41, 5.74) is 1.18. The maximum Gasteiger partial charge on any atom is 0.122 e. The van der Waals surface area contributed by atoms with Crippen molar-refractivity contribution in [2.45, 2.75) is 33.3 Å². The van der Waals surface area contributed by atoms with Crippen LogP contribution in [-0.4, -0.2) is 30.9 Å². The number of benzene rings is 1. The van der Waals surface area contributed by atoms with Crippen molar-refractivity contribution in [3.63, 3.8) is 0 Å². The molecule has 1 rings (SSSR count). The Morgan fingerprint density at radius 3 is 2.61 bits per heavy atom. The van der Waals surface area contributed by atoms with E-state index in [-0.39, 0.29) is 0 Å². The summed E-state index contributed by atoms with van der Waals surface area (Å²) in [6, 6.07) is 7.97. The van der Waals surface area contributed by atoms with Gasteiger partial charge < -0.3 is 15.2 Å². The molecule has 0 amide bonds. The molecule has 0 aliphatic rings. The molecule has 0 aliphatic carbocycles. The van der Waals surface area contributed by atoms with E-state index in [1.165, 1.54) is 5.56 Å². The Morgan fingerprint density at radius 1 is 1.22 bits per heavy atom. The van der Waals surface area contributed by atoms with Gasteiger partial charge in [0.1, 0.15) is 18.5 Å². The molecule has 0 saturated heterocycles. The second-order valence-electron chi connectivity index (χ2n) is 4.98. The highest BCUT2D eigenvalue weighted by molar-refractivity contribution is 5.33. The van der Waals surface area contributed by atoms with Crippen LogP contribution < -0.4 is 10.1 Å². The Bertz CT molecular complexity index is 339. The van der Waals surface area contributed by atoms with Gasteiger partial charge in [0.05, 0.1) is 0 Å². The number of nitrogens with one attached hydrogen (secondary N) is 1. The standard InChI is InChI=1S/C15H25NO2/c1-4-13-7-5-6-8-15(13)18-11-14(17)10-16-9-12(2)3/h5-8,12,14,16-17H,4,9-11H2,1-3H3. The third kappa shape index (κ3) is 5.52. The normalized spacial score (nSPS) is 12.7. The Labute approximate surface area is 110 Å². The molecule has 1 unspecified atom stereocenters. The summed E-state index contributed by atoms with van der Waals surface area (Å²) in [4.78, 5) is 0. The summed E-state index contributed by atoms with van der Waals surface area (Å²) >= 11 is 0. The Balaban J connectivity index is 2.31. The van der Waals surface area contributed by atoms with Crippen LogP contribution in [0.5, 0.6) is 5.75 Å². The molecular formula is C15H25NO2. The number of aliphatic hydroxyl groups excluding tert-OH is 1. The van der Waals surface area contributed by atoms with Crippen LogP contribution in [0.2, 0.25) is 0 Å². The molecule has 1 atom stereocenters. The van der Waals surface area contributed by atoms with Gasteiger partial charge in [0, 0.05) is 6.54 Å². The van der Waals surface area contributed by atoms with Crippen molar-refractivity contribution in [1.82, 2.24) is 5.32 Å². The van der Waals surface area contributed by atoms with E-state index in [1.54, 1.807) is 0 Å². The zero-order valence-corrected chi connectivity index (χ0v) is 11.6. The molecule has 3 nitrogen and oxygen atoms in total. The fourth-order valence-corrected chi connectivity index (χ4v) is 1.72. The van der Waals surface area contributed by atoms with Crippen LogP contribution in [0.1, 0.15) is 26.3 Å². The minimum absolute atomic E-state index is 0.335. The second-order valence-corrected chi connectivity index (χ2v) is 4.98. The van der Waals surface area contributed by atoms with Crippen LogP contribution in [0.4, 0.5) is 0 Å². The number of aryl methyl sites for hydroxylation is 1. The van der Waals surface area contributed by atoms with E-state index < -0.39 is 6.10 Å². The van der Waals surface area contributed by atoms with Crippen molar-refractivity contribution in [1.29, 1.82) is 0 Å². The van der Waals surface area contributed by atoms with Gasteiger partial charge in [-0.3, -0.25) is 0 Å². The summed E-state index contributed by atoms with van der Waals surface area (Å²) < 4.78 is 5.66. The van der Waals surface area contributed by atoms with E-state index in [4.69, 9.17) is 4.74 Å². The van der Waals surface area contributed by atoms with Crippen LogP contribution in [-0.2, 0) is 6.42 Å². The first-order chi connectivity index (χ1) is 8.63. The lowest BCUT2D eigenvalue weighted by Crippen LogP contribution is -2.33. The van der Waals surface area contributed by atoms with E-state index >= 15 is 0 Å². The van der Waals surface area contributed by atoms with E-state index in [1.807, 2.05) is 18.2 Å². The maximum atomic E-state index is 9.80. The van der Waals surface area contributed by atoms with Crippen molar-refractivity contribution in [3.05, 3.63) is 29.8 Å². The van der Waals surface area contributed by atoms with E-state index in [9.17, 15) is 5.11 Å². The number of aliphatic hydroxyl groups is 1. The molecule has 18 heavy (non-hydrogen) atoms. The molecule has 102 valence electrons. The molecule has 0 aromatic heterocycles. The highest BCUT2D eigenvalue weighted by atomic mass is 16.5. The second kappa shape index (κ2) is 8.11. The summed E-state index contributed by atoms with van der Waals surface area (Å²) in [6.07, 6.45) is 0.478. The predicted molar refractivity (Wildman–Crippen MR) is 75.0 cm³/mol. The fourth-order valence-electron chi connectivity index (χ4n) is 1.72. The quantitative estimate of drug-likeness (QED) is 0.744. The average molecular weight is 251 g/mol. The fraction of sp³-hybridized carbons (Fsp3) is 0.600. The Hall–Kier alpha value is -1.06. The van der Waals surface area contributed by atoms with Crippen molar-refractivity contribution in [3.8, 4) is 5.75 Å². The molecule has 0 aliphatic heterocycles. The van der Waals surface area contributed by atoms with Crippen LogP contribution in [0, 0.1) is 5.92 Å². The number of hydrogen-bond acceptors (Lipinski definition) is 3. The maximum absolute atomic E-state index is 9.80. The number of ether oxygens (including phenoxy) is 1. The topological polar surface area (TPSA) is 41.5 Å². The van der Waals surface area contributed by atoms with Gasteiger partial charge in [-0.25, -0.2) is 0 Å². The van der Waals surface area contributed by atoms with Gasteiger partial charge in [-0.05, 0) is 30.5 Å². The zero-order chi connectivity index (χ0) is 13.4. The van der Waals surface area contributed by atoms with Gasteiger partial charge in [-0.2, -0.15) is 0 Å². The first kappa shape index (κ1) is 15.0. The third-order valence-electron chi connectivity index (χ3n) is 2.72. The van der Waals surface area contributed by atoms with Crippen molar-refractivity contribution in [2.24, 2.45) is 5.92 Å².